The summed E-state index contributed by atoms with van der Waals surface area (Å²) < 4.78 is 11.7. The molecular weight excluding hydrogens is 725 g/mol. The highest BCUT2D eigenvalue weighted by atomic mass is 32.1. The van der Waals surface area contributed by atoms with Crippen molar-refractivity contribution < 1.29 is 4.42 Å². The molecule has 0 spiro atoms. The van der Waals surface area contributed by atoms with E-state index in [0.717, 1.165) is 55.8 Å². The second-order valence-electron chi connectivity index (χ2n) is 14.9. The molecule has 0 amide bonds. The number of nitrogens with zero attached hydrogens (tertiary/aromatic N) is 2. The molecule has 0 radical (unpaired) electrons. The summed E-state index contributed by atoms with van der Waals surface area (Å²) in [6, 6.07) is 74.4. The number of hydrogen-bond donors (Lipinski definition) is 0. The molecule has 3 heterocycles. The van der Waals surface area contributed by atoms with Gasteiger partial charge in [0.15, 0.2) is 0 Å². The molecule has 9 aromatic carbocycles. The second-order valence-corrected chi connectivity index (χ2v) is 16.0. The van der Waals surface area contributed by atoms with Gasteiger partial charge in [0.05, 0.1) is 16.7 Å². The number of rotatable bonds is 6. The maximum absolute atomic E-state index is 6.74. The highest BCUT2D eigenvalue weighted by Gasteiger charge is 2.21. The molecule has 272 valence electrons. The molecule has 0 N–H and O–H groups in total. The van der Waals surface area contributed by atoms with Crippen LogP contribution in [0.15, 0.2) is 211 Å². The molecule has 0 atom stereocenters. The van der Waals surface area contributed by atoms with Crippen LogP contribution in [0, 0.1) is 0 Å². The van der Waals surface area contributed by atoms with E-state index in [1.165, 1.54) is 53.1 Å². The quantitative estimate of drug-likeness (QED) is 0.168. The van der Waals surface area contributed by atoms with Gasteiger partial charge in [-0.15, -0.1) is 11.3 Å². The van der Waals surface area contributed by atoms with Crippen molar-refractivity contribution in [2.45, 2.75) is 0 Å². The van der Waals surface area contributed by atoms with Crippen LogP contribution < -0.4 is 4.90 Å². The maximum Gasteiger partial charge on any atom is 0.143 e. The first-order valence-electron chi connectivity index (χ1n) is 19.7. The van der Waals surface area contributed by atoms with E-state index < -0.39 is 0 Å². The summed E-state index contributed by atoms with van der Waals surface area (Å²) in [7, 11) is 0. The van der Waals surface area contributed by atoms with Gasteiger partial charge in [0.25, 0.3) is 0 Å². The largest absolute Gasteiger partial charge is 0.455 e. The third-order valence-electron chi connectivity index (χ3n) is 11.6. The van der Waals surface area contributed by atoms with Crippen LogP contribution in [0.25, 0.3) is 91.9 Å². The Bertz CT molecular complexity index is 3500. The van der Waals surface area contributed by atoms with Gasteiger partial charge in [0.2, 0.25) is 0 Å². The van der Waals surface area contributed by atoms with Gasteiger partial charge in [-0.2, -0.15) is 0 Å². The average molecular weight is 759 g/mol. The number of furan rings is 1. The van der Waals surface area contributed by atoms with Crippen LogP contribution in [-0.4, -0.2) is 4.57 Å². The van der Waals surface area contributed by atoms with Gasteiger partial charge < -0.3 is 13.9 Å². The molecule has 3 aromatic heterocycles. The molecule has 0 unspecified atom stereocenters. The van der Waals surface area contributed by atoms with Gasteiger partial charge >= 0.3 is 0 Å². The summed E-state index contributed by atoms with van der Waals surface area (Å²) >= 11 is 1.85. The molecule has 4 heteroatoms. The summed E-state index contributed by atoms with van der Waals surface area (Å²) in [4.78, 5) is 2.39. The summed E-state index contributed by atoms with van der Waals surface area (Å²) in [6.45, 7) is 0. The van der Waals surface area contributed by atoms with Crippen LogP contribution in [0.2, 0.25) is 0 Å². The van der Waals surface area contributed by atoms with Crippen molar-refractivity contribution in [3.63, 3.8) is 0 Å². The van der Waals surface area contributed by atoms with E-state index in [-0.39, 0.29) is 0 Å². The monoisotopic (exact) mass is 758 g/mol. The third-order valence-corrected chi connectivity index (χ3v) is 12.7. The molecule has 58 heavy (non-hydrogen) atoms. The first-order valence-corrected chi connectivity index (χ1v) is 20.5. The Labute approximate surface area is 338 Å². The van der Waals surface area contributed by atoms with Crippen LogP contribution in [0.3, 0.4) is 0 Å². The Balaban J connectivity index is 1.07. The van der Waals surface area contributed by atoms with E-state index >= 15 is 0 Å². The smallest absolute Gasteiger partial charge is 0.143 e. The van der Waals surface area contributed by atoms with E-state index in [2.05, 4.69) is 210 Å². The zero-order chi connectivity index (χ0) is 38.2. The Hall–Kier alpha value is -7.40. The lowest BCUT2D eigenvalue weighted by atomic mass is 10.00. The molecule has 0 aliphatic carbocycles. The van der Waals surface area contributed by atoms with Crippen molar-refractivity contribution in [2.75, 3.05) is 4.90 Å². The number of fused-ring (bicyclic) bond motifs is 9. The van der Waals surface area contributed by atoms with E-state index in [1.807, 2.05) is 17.4 Å². The first-order chi connectivity index (χ1) is 28.8. The number of aromatic nitrogens is 1. The van der Waals surface area contributed by atoms with Gasteiger partial charge in [-0.3, -0.25) is 0 Å². The predicted octanol–water partition coefficient (Wildman–Crippen LogP) is 15.9. The number of anilines is 3. The van der Waals surface area contributed by atoms with Crippen molar-refractivity contribution in [3.8, 4) is 27.9 Å². The number of thiophene rings is 1. The van der Waals surface area contributed by atoms with Crippen LogP contribution >= 0.6 is 11.3 Å². The summed E-state index contributed by atoms with van der Waals surface area (Å²) in [5, 5.41) is 7.21. The van der Waals surface area contributed by atoms with Crippen molar-refractivity contribution >= 4 is 92.3 Å². The van der Waals surface area contributed by atoms with E-state index in [1.54, 1.807) is 0 Å². The topological polar surface area (TPSA) is 21.3 Å². The van der Waals surface area contributed by atoms with Crippen molar-refractivity contribution in [1.29, 1.82) is 0 Å². The Kier molecular flexibility index (Phi) is 7.40. The second kappa shape index (κ2) is 13.1. The fourth-order valence-electron chi connectivity index (χ4n) is 8.95. The van der Waals surface area contributed by atoms with Crippen LogP contribution in [0.4, 0.5) is 17.1 Å². The third kappa shape index (κ3) is 5.12. The molecule has 0 bridgehead atoms. The summed E-state index contributed by atoms with van der Waals surface area (Å²) in [5.41, 5.74) is 13.1. The predicted molar refractivity (Wildman–Crippen MR) is 247 cm³/mol. The number of hydrogen-bond acceptors (Lipinski definition) is 3. The van der Waals surface area contributed by atoms with Crippen molar-refractivity contribution in [1.82, 2.24) is 4.57 Å². The SMILES string of the molecule is c1ccc(-c2ccc3c4ccccc4n(-c4cc(-c5ccc(N(c6ccccc6)c6cccc7sc8ccccc8c67)cc5)c5oc6ccccc6c5c4)c3c2)cc1. The van der Waals surface area contributed by atoms with E-state index in [0.29, 0.717) is 0 Å². The molecule has 12 rings (SSSR count). The lowest BCUT2D eigenvalue weighted by Gasteiger charge is -2.26. The Morgan fingerprint density at radius 3 is 1.91 bits per heavy atom. The van der Waals surface area contributed by atoms with Gasteiger partial charge in [0.1, 0.15) is 11.2 Å². The standard InChI is InChI=1S/C54H34N2OS/c1-3-14-35(15-4-1)37-28-31-42-41-18-7-10-21-47(41)56(49(42)32-37)40-33-45(54-46(34-40)43-19-8-11-23-50(43)57-54)36-26-29-39(30-27-36)55(38-16-5-2-6-17-38)48-22-13-25-52-53(48)44-20-9-12-24-51(44)58-52/h1-34H. The molecule has 0 aliphatic heterocycles. The molecule has 0 fully saturated rings. The fourth-order valence-corrected chi connectivity index (χ4v) is 10.1. The molecule has 0 aliphatic rings. The van der Waals surface area contributed by atoms with Crippen LogP contribution in [-0.2, 0) is 0 Å². The van der Waals surface area contributed by atoms with Gasteiger partial charge in [-0.05, 0) is 89.5 Å². The maximum atomic E-state index is 6.74. The van der Waals surface area contributed by atoms with Crippen molar-refractivity contribution in [2.24, 2.45) is 0 Å². The minimum atomic E-state index is 0.882. The average Bonchev–Trinajstić information content (AvgIpc) is 3.97. The van der Waals surface area contributed by atoms with Crippen LogP contribution in [0.5, 0.6) is 0 Å². The van der Waals surface area contributed by atoms with E-state index in [9.17, 15) is 0 Å². The molecule has 12 aromatic rings. The summed E-state index contributed by atoms with van der Waals surface area (Å²) in [6.07, 6.45) is 0. The molecular formula is C54H34N2OS. The summed E-state index contributed by atoms with van der Waals surface area (Å²) in [5.74, 6) is 0. The minimum Gasteiger partial charge on any atom is -0.455 e. The van der Waals surface area contributed by atoms with Gasteiger partial charge in [-0.25, -0.2) is 0 Å². The highest BCUT2D eigenvalue weighted by Crippen LogP contribution is 2.46. The zero-order valence-corrected chi connectivity index (χ0v) is 32.2. The molecule has 0 saturated carbocycles. The normalized spacial score (nSPS) is 11.8. The number of benzene rings is 9. The number of para-hydroxylation sites is 3. The lowest BCUT2D eigenvalue weighted by molar-refractivity contribution is 0.670. The lowest BCUT2D eigenvalue weighted by Crippen LogP contribution is -2.10. The molecule has 0 saturated heterocycles. The van der Waals surface area contributed by atoms with E-state index in [4.69, 9.17) is 4.42 Å². The van der Waals surface area contributed by atoms with Gasteiger partial charge in [-0.1, -0.05) is 133 Å². The fraction of sp³-hybridized carbons (Fsp3) is 0. The Morgan fingerprint density at radius 1 is 0.414 bits per heavy atom. The van der Waals surface area contributed by atoms with Gasteiger partial charge in [0, 0.05) is 64.3 Å². The first kappa shape index (κ1) is 32.8. The van der Waals surface area contributed by atoms with Crippen LogP contribution in [0.1, 0.15) is 0 Å². The van der Waals surface area contributed by atoms with Crippen molar-refractivity contribution in [3.05, 3.63) is 206 Å². The Morgan fingerprint density at radius 2 is 1.07 bits per heavy atom. The highest BCUT2D eigenvalue weighted by molar-refractivity contribution is 7.26. The minimum absolute atomic E-state index is 0.882. The molecule has 3 nitrogen and oxygen atoms in total. The zero-order valence-electron chi connectivity index (χ0n) is 31.3.